The minimum Gasteiger partial charge on any atom is -0.497 e. The van der Waals surface area contributed by atoms with Crippen LogP contribution in [0.5, 0.6) is 5.75 Å². The van der Waals surface area contributed by atoms with Crippen LogP contribution < -0.4 is 4.74 Å². The van der Waals surface area contributed by atoms with Crippen LogP contribution in [0, 0.1) is 13.8 Å². The van der Waals surface area contributed by atoms with Crippen LogP contribution in [0.1, 0.15) is 23.0 Å². The second-order valence-corrected chi connectivity index (χ2v) is 5.88. The van der Waals surface area contributed by atoms with Gasteiger partial charge in [0.25, 0.3) is 0 Å². The van der Waals surface area contributed by atoms with Gasteiger partial charge in [-0.1, -0.05) is 12.1 Å². The fourth-order valence-electron chi connectivity index (χ4n) is 2.98. The van der Waals surface area contributed by atoms with Crippen LogP contribution >= 0.6 is 0 Å². The first-order valence-corrected chi connectivity index (χ1v) is 7.54. The van der Waals surface area contributed by atoms with Gasteiger partial charge in [-0.25, -0.2) is 0 Å². The van der Waals surface area contributed by atoms with E-state index in [1.807, 2.05) is 12.1 Å². The van der Waals surface area contributed by atoms with Gasteiger partial charge in [0.05, 0.1) is 18.8 Å². The van der Waals surface area contributed by atoms with E-state index in [1.165, 1.54) is 11.3 Å². The monoisotopic (exact) mass is 285 g/mol. The Kier molecular flexibility index (Phi) is 3.97. The van der Waals surface area contributed by atoms with Crippen LogP contribution in [-0.2, 0) is 6.42 Å². The van der Waals surface area contributed by atoms with E-state index in [1.54, 1.807) is 7.11 Å². The number of ether oxygens (including phenoxy) is 1. The molecule has 0 saturated carbocycles. The lowest BCUT2D eigenvalue weighted by Gasteiger charge is -2.39. The van der Waals surface area contributed by atoms with Crippen molar-refractivity contribution in [2.45, 2.75) is 26.3 Å². The van der Waals surface area contributed by atoms with Crippen LogP contribution in [-0.4, -0.2) is 41.4 Å². The summed E-state index contributed by atoms with van der Waals surface area (Å²) in [6, 6.07) is 11.1. The number of hydrogen-bond acceptors (Lipinski definition) is 3. The quantitative estimate of drug-likeness (QED) is 0.846. The molecule has 112 valence electrons. The first-order valence-electron chi connectivity index (χ1n) is 7.54. The first-order chi connectivity index (χ1) is 10.2. The predicted molar refractivity (Wildman–Crippen MR) is 83.9 cm³/mol. The van der Waals surface area contributed by atoms with Gasteiger partial charge in [-0.05, 0) is 44.0 Å². The molecule has 4 heteroatoms. The summed E-state index contributed by atoms with van der Waals surface area (Å²) in [4.78, 5) is 2.49. The van der Waals surface area contributed by atoms with Gasteiger partial charge in [0.1, 0.15) is 5.75 Å². The minimum atomic E-state index is 0.551. The van der Waals surface area contributed by atoms with Crippen LogP contribution in [0.15, 0.2) is 30.3 Å². The molecule has 21 heavy (non-hydrogen) atoms. The normalized spacial score (nSPS) is 16.0. The Morgan fingerprint density at radius 1 is 1.19 bits per heavy atom. The first kappa shape index (κ1) is 14.1. The Morgan fingerprint density at radius 3 is 2.48 bits per heavy atom. The van der Waals surface area contributed by atoms with E-state index in [0.717, 1.165) is 37.5 Å². The SMILES string of the molecule is COc1ccc(CCN2CC(n3nc(C)cc3C)C2)cc1. The average molecular weight is 285 g/mol. The maximum absolute atomic E-state index is 5.18. The highest BCUT2D eigenvalue weighted by molar-refractivity contribution is 5.27. The maximum Gasteiger partial charge on any atom is 0.118 e. The van der Waals surface area contributed by atoms with Gasteiger partial charge >= 0.3 is 0 Å². The van der Waals surface area contributed by atoms with Gasteiger partial charge in [0.2, 0.25) is 0 Å². The average Bonchev–Trinajstić information content (AvgIpc) is 2.76. The summed E-state index contributed by atoms with van der Waals surface area (Å²) >= 11 is 0. The summed E-state index contributed by atoms with van der Waals surface area (Å²) in [6.07, 6.45) is 1.09. The molecule has 1 aliphatic heterocycles. The van der Waals surface area contributed by atoms with Gasteiger partial charge in [-0.2, -0.15) is 5.10 Å². The second-order valence-electron chi connectivity index (χ2n) is 5.88. The Morgan fingerprint density at radius 2 is 1.90 bits per heavy atom. The van der Waals surface area contributed by atoms with Crippen molar-refractivity contribution in [2.75, 3.05) is 26.7 Å². The largest absolute Gasteiger partial charge is 0.497 e. The molecule has 0 N–H and O–H groups in total. The highest BCUT2D eigenvalue weighted by Gasteiger charge is 2.29. The molecule has 4 nitrogen and oxygen atoms in total. The van der Waals surface area contributed by atoms with Crippen molar-refractivity contribution < 1.29 is 4.74 Å². The summed E-state index contributed by atoms with van der Waals surface area (Å²) in [5, 5.41) is 4.58. The van der Waals surface area contributed by atoms with E-state index in [0.29, 0.717) is 6.04 Å². The van der Waals surface area contributed by atoms with E-state index < -0.39 is 0 Å². The summed E-state index contributed by atoms with van der Waals surface area (Å²) in [5.41, 5.74) is 3.75. The molecule has 1 fully saturated rings. The summed E-state index contributed by atoms with van der Waals surface area (Å²) < 4.78 is 7.36. The van der Waals surface area contributed by atoms with Crippen molar-refractivity contribution in [1.29, 1.82) is 0 Å². The lowest BCUT2D eigenvalue weighted by molar-refractivity contribution is 0.0985. The fraction of sp³-hybridized carbons (Fsp3) is 0.471. The molecule has 2 heterocycles. The minimum absolute atomic E-state index is 0.551. The number of nitrogens with zero attached hydrogens (tertiary/aromatic N) is 3. The number of aryl methyl sites for hydroxylation is 2. The van der Waals surface area contributed by atoms with Crippen LogP contribution in [0.3, 0.4) is 0 Å². The maximum atomic E-state index is 5.18. The van der Waals surface area contributed by atoms with E-state index in [2.05, 4.69) is 46.7 Å². The highest BCUT2D eigenvalue weighted by atomic mass is 16.5. The Hall–Kier alpha value is -1.81. The van der Waals surface area contributed by atoms with Gasteiger partial charge in [-0.15, -0.1) is 0 Å². The van der Waals surface area contributed by atoms with Gasteiger partial charge in [0.15, 0.2) is 0 Å². The summed E-state index contributed by atoms with van der Waals surface area (Å²) in [7, 11) is 1.70. The number of likely N-dealkylation sites (tertiary alicyclic amines) is 1. The molecule has 0 amide bonds. The number of benzene rings is 1. The number of rotatable bonds is 5. The van der Waals surface area contributed by atoms with Crippen molar-refractivity contribution in [1.82, 2.24) is 14.7 Å². The van der Waals surface area contributed by atoms with Crippen molar-refractivity contribution in [3.05, 3.63) is 47.3 Å². The molecule has 1 aliphatic rings. The van der Waals surface area contributed by atoms with Crippen molar-refractivity contribution in [3.8, 4) is 5.75 Å². The van der Waals surface area contributed by atoms with Crippen molar-refractivity contribution >= 4 is 0 Å². The van der Waals surface area contributed by atoms with Crippen LogP contribution in [0.25, 0.3) is 0 Å². The molecule has 0 atom stereocenters. The third kappa shape index (κ3) is 3.10. The Labute approximate surface area is 126 Å². The number of aromatic nitrogens is 2. The fourth-order valence-corrected chi connectivity index (χ4v) is 2.98. The molecule has 1 aromatic heterocycles. The molecule has 0 aliphatic carbocycles. The molecular weight excluding hydrogens is 262 g/mol. The Balaban J connectivity index is 1.47. The predicted octanol–water partition coefficient (Wildman–Crippen LogP) is 2.61. The Bertz CT molecular complexity index is 597. The molecule has 0 radical (unpaired) electrons. The highest BCUT2D eigenvalue weighted by Crippen LogP contribution is 2.23. The zero-order valence-corrected chi connectivity index (χ0v) is 13.0. The van der Waals surface area contributed by atoms with Crippen molar-refractivity contribution in [2.24, 2.45) is 0 Å². The van der Waals surface area contributed by atoms with E-state index in [4.69, 9.17) is 4.74 Å². The lowest BCUT2D eigenvalue weighted by Crippen LogP contribution is -2.48. The number of hydrogen-bond donors (Lipinski definition) is 0. The molecule has 2 aromatic rings. The van der Waals surface area contributed by atoms with Crippen molar-refractivity contribution in [3.63, 3.8) is 0 Å². The van der Waals surface area contributed by atoms with E-state index >= 15 is 0 Å². The molecular formula is C17H23N3O. The second kappa shape index (κ2) is 5.90. The van der Waals surface area contributed by atoms with E-state index in [-0.39, 0.29) is 0 Å². The standard InChI is InChI=1S/C17H23N3O/c1-13-10-14(2)20(18-13)16-11-19(12-16)9-8-15-4-6-17(21-3)7-5-15/h4-7,10,16H,8-9,11-12H2,1-3H3. The van der Waals surface area contributed by atoms with E-state index in [9.17, 15) is 0 Å². The smallest absolute Gasteiger partial charge is 0.118 e. The zero-order valence-electron chi connectivity index (χ0n) is 13.0. The zero-order chi connectivity index (χ0) is 14.8. The van der Waals surface area contributed by atoms with Gasteiger partial charge < -0.3 is 4.74 Å². The topological polar surface area (TPSA) is 30.3 Å². The molecule has 3 rings (SSSR count). The molecule has 0 bridgehead atoms. The summed E-state index contributed by atoms with van der Waals surface area (Å²) in [5.74, 6) is 0.923. The van der Waals surface area contributed by atoms with Gasteiger partial charge in [-0.3, -0.25) is 9.58 Å². The lowest BCUT2D eigenvalue weighted by atomic mass is 10.1. The third-order valence-corrected chi connectivity index (χ3v) is 4.20. The summed E-state index contributed by atoms with van der Waals surface area (Å²) in [6.45, 7) is 7.53. The van der Waals surface area contributed by atoms with Crippen LogP contribution in [0.4, 0.5) is 0 Å². The van der Waals surface area contributed by atoms with Crippen LogP contribution in [0.2, 0.25) is 0 Å². The molecule has 1 saturated heterocycles. The molecule has 0 spiro atoms. The number of methoxy groups -OCH3 is 1. The molecule has 0 unspecified atom stereocenters. The molecule has 1 aromatic carbocycles. The van der Waals surface area contributed by atoms with Gasteiger partial charge in [0, 0.05) is 25.3 Å². The third-order valence-electron chi connectivity index (χ3n) is 4.20.